The first kappa shape index (κ1) is 27.8. The molecule has 0 spiro atoms. The van der Waals surface area contributed by atoms with Crippen LogP contribution in [0.15, 0.2) is 170 Å². The van der Waals surface area contributed by atoms with Gasteiger partial charge in [0.2, 0.25) is 0 Å². The van der Waals surface area contributed by atoms with Crippen molar-refractivity contribution in [2.24, 2.45) is 0 Å². The van der Waals surface area contributed by atoms with Crippen LogP contribution in [0.5, 0.6) is 5.75 Å². The molecule has 0 atom stereocenters. The summed E-state index contributed by atoms with van der Waals surface area (Å²) in [4.78, 5) is 2.29. The molecule has 9 rings (SSSR count). The van der Waals surface area contributed by atoms with Gasteiger partial charge in [-0.1, -0.05) is 103 Å². The monoisotopic (exact) mass is 617 g/mol. The van der Waals surface area contributed by atoms with Crippen LogP contribution in [-0.2, 0) is 0 Å². The third-order valence-electron chi connectivity index (χ3n) is 9.44. The first-order valence-corrected chi connectivity index (χ1v) is 16.1. The molecular weight excluding hydrogens is 587 g/mol. The molecular formula is C44H31N3O. The number of nitrogens with zero attached hydrogens (tertiary/aromatic N) is 2. The lowest BCUT2D eigenvalue weighted by Gasteiger charge is -2.27. The van der Waals surface area contributed by atoms with Gasteiger partial charge in [-0.2, -0.15) is 0 Å². The van der Waals surface area contributed by atoms with Crippen LogP contribution in [0.4, 0.5) is 22.7 Å². The Balaban J connectivity index is 1.26. The van der Waals surface area contributed by atoms with Crippen LogP contribution in [0.3, 0.4) is 0 Å². The van der Waals surface area contributed by atoms with E-state index in [9.17, 15) is 5.11 Å². The summed E-state index contributed by atoms with van der Waals surface area (Å²) in [5.74, 6) is 0.0831. The number of rotatable bonds is 5. The van der Waals surface area contributed by atoms with Crippen LogP contribution in [0.25, 0.3) is 60.2 Å². The number of hydrogen-bond acceptors (Lipinski definition) is 3. The molecule has 0 saturated heterocycles. The molecule has 0 saturated carbocycles. The first-order valence-electron chi connectivity index (χ1n) is 16.1. The standard InChI is InChI=1S/C44H31N3O/c45-44-39-14-8-16-40(38(39)25-26-43(44)48)46(34-21-19-30(20-22-34)32-18-17-29-9-4-5-10-31(29)27-32)35-23-24-37-36-13-6-7-15-41(36)47(42(37)28-35)33-11-2-1-3-12-33/h1-28,48H,45H2. The molecule has 0 aliphatic rings. The van der Waals surface area contributed by atoms with E-state index in [0.29, 0.717) is 5.69 Å². The van der Waals surface area contributed by atoms with Gasteiger partial charge in [-0.3, -0.25) is 0 Å². The van der Waals surface area contributed by atoms with Crippen molar-refractivity contribution in [3.05, 3.63) is 170 Å². The van der Waals surface area contributed by atoms with Crippen molar-refractivity contribution in [2.45, 2.75) is 0 Å². The number of benzene rings is 8. The number of anilines is 4. The summed E-state index contributed by atoms with van der Waals surface area (Å²) in [5, 5.41) is 17.1. The maximum atomic E-state index is 10.5. The zero-order chi connectivity index (χ0) is 32.2. The smallest absolute Gasteiger partial charge is 0.139 e. The van der Waals surface area contributed by atoms with Gasteiger partial charge in [0.25, 0.3) is 0 Å². The molecule has 0 unspecified atom stereocenters. The number of aromatic hydroxyl groups is 1. The SMILES string of the molecule is Nc1c(O)ccc2c(N(c3ccc(-c4ccc5ccccc5c4)cc3)c3ccc4c5ccccc5n(-c5ccccc5)c4c3)cccc12. The van der Waals surface area contributed by atoms with E-state index in [1.54, 1.807) is 6.07 Å². The van der Waals surface area contributed by atoms with Crippen molar-refractivity contribution in [3.8, 4) is 22.6 Å². The summed E-state index contributed by atoms with van der Waals surface area (Å²) in [5.41, 5.74) is 15.5. The Morgan fingerprint density at radius 3 is 1.98 bits per heavy atom. The fourth-order valence-corrected chi connectivity index (χ4v) is 7.10. The zero-order valence-corrected chi connectivity index (χ0v) is 26.1. The third kappa shape index (κ3) is 4.46. The Labute approximate surface area is 278 Å². The molecule has 0 fully saturated rings. The maximum Gasteiger partial charge on any atom is 0.139 e. The van der Waals surface area contributed by atoms with Crippen LogP contribution < -0.4 is 10.6 Å². The maximum absolute atomic E-state index is 10.5. The number of nitrogen functional groups attached to an aromatic ring is 1. The second kappa shape index (κ2) is 11.1. The van der Waals surface area contributed by atoms with Gasteiger partial charge in [-0.15, -0.1) is 0 Å². The normalized spacial score (nSPS) is 11.5. The molecule has 0 aliphatic carbocycles. The Hall–Kier alpha value is -6.52. The van der Waals surface area contributed by atoms with E-state index in [0.717, 1.165) is 50.1 Å². The fourth-order valence-electron chi connectivity index (χ4n) is 7.10. The average molecular weight is 618 g/mol. The molecule has 4 heteroatoms. The molecule has 0 radical (unpaired) electrons. The molecule has 0 bridgehead atoms. The van der Waals surface area contributed by atoms with Crippen molar-refractivity contribution in [1.82, 2.24) is 4.57 Å². The predicted octanol–water partition coefficient (Wildman–Crippen LogP) is 11.5. The van der Waals surface area contributed by atoms with E-state index in [4.69, 9.17) is 5.73 Å². The number of para-hydroxylation sites is 2. The van der Waals surface area contributed by atoms with Crippen molar-refractivity contribution in [3.63, 3.8) is 0 Å². The van der Waals surface area contributed by atoms with E-state index >= 15 is 0 Å². The average Bonchev–Trinajstić information content (AvgIpc) is 3.47. The van der Waals surface area contributed by atoms with Crippen LogP contribution in [0.2, 0.25) is 0 Å². The van der Waals surface area contributed by atoms with Crippen molar-refractivity contribution >= 4 is 66.1 Å². The van der Waals surface area contributed by atoms with Gasteiger partial charge >= 0.3 is 0 Å². The number of fused-ring (bicyclic) bond motifs is 5. The van der Waals surface area contributed by atoms with Crippen LogP contribution in [-0.4, -0.2) is 9.67 Å². The highest BCUT2D eigenvalue weighted by Crippen LogP contribution is 2.44. The number of hydrogen-bond donors (Lipinski definition) is 2. The van der Waals surface area contributed by atoms with Crippen molar-refractivity contribution < 1.29 is 5.11 Å². The van der Waals surface area contributed by atoms with Crippen LogP contribution in [0, 0.1) is 0 Å². The minimum atomic E-state index is 0.0831. The van der Waals surface area contributed by atoms with E-state index < -0.39 is 0 Å². The summed E-state index contributed by atoms with van der Waals surface area (Å²) in [6.07, 6.45) is 0. The van der Waals surface area contributed by atoms with Gasteiger partial charge in [-0.05, 0) is 88.6 Å². The quantitative estimate of drug-likeness (QED) is 0.149. The Morgan fingerprint density at radius 2 is 1.12 bits per heavy atom. The molecule has 48 heavy (non-hydrogen) atoms. The lowest BCUT2D eigenvalue weighted by molar-refractivity contribution is 0.478. The summed E-state index contributed by atoms with van der Waals surface area (Å²) < 4.78 is 2.34. The van der Waals surface area contributed by atoms with Gasteiger partial charge in [0.15, 0.2) is 0 Å². The second-order valence-electron chi connectivity index (χ2n) is 12.2. The number of aromatic nitrogens is 1. The highest BCUT2D eigenvalue weighted by Gasteiger charge is 2.20. The lowest BCUT2D eigenvalue weighted by Crippen LogP contribution is -2.11. The van der Waals surface area contributed by atoms with E-state index in [-0.39, 0.29) is 5.75 Å². The first-order chi connectivity index (χ1) is 23.6. The fraction of sp³-hybridized carbons (Fsp3) is 0. The zero-order valence-electron chi connectivity index (χ0n) is 26.1. The number of phenolic OH excluding ortho intramolecular Hbond substituents is 1. The van der Waals surface area contributed by atoms with Crippen molar-refractivity contribution in [1.29, 1.82) is 0 Å². The summed E-state index contributed by atoms with van der Waals surface area (Å²) in [7, 11) is 0. The summed E-state index contributed by atoms with van der Waals surface area (Å²) in [6.45, 7) is 0. The number of nitrogens with two attached hydrogens (primary N) is 1. The highest BCUT2D eigenvalue weighted by molar-refractivity contribution is 6.11. The molecule has 4 nitrogen and oxygen atoms in total. The predicted molar refractivity (Wildman–Crippen MR) is 202 cm³/mol. The largest absolute Gasteiger partial charge is 0.506 e. The topological polar surface area (TPSA) is 54.4 Å². The summed E-state index contributed by atoms with van der Waals surface area (Å²) >= 11 is 0. The Bertz CT molecular complexity index is 2640. The Morgan fingerprint density at radius 1 is 0.458 bits per heavy atom. The van der Waals surface area contributed by atoms with E-state index in [1.165, 1.54) is 27.1 Å². The summed E-state index contributed by atoms with van der Waals surface area (Å²) in [6, 6.07) is 59.4. The van der Waals surface area contributed by atoms with E-state index in [2.05, 4.69) is 155 Å². The molecule has 228 valence electrons. The Kier molecular flexibility index (Phi) is 6.41. The van der Waals surface area contributed by atoms with Gasteiger partial charge in [-0.25, -0.2) is 0 Å². The molecule has 9 aromatic rings. The van der Waals surface area contributed by atoms with Gasteiger partial charge in [0, 0.05) is 38.6 Å². The van der Waals surface area contributed by atoms with Crippen molar-refractivity contribution in [2.75, 3.05) is 10.6 Å². The molecule has 3 N–H and O–H groups in total. The van der Waals surface area contributed by atoms with Crippen LogP contribution >= 0.6 is 0 Å². The molecule has 8 aromatic carbocycles. The third-order valence-corrected chi connectivity index (χ3v) is 9.44. The van der Waals surface area contributed by atoms with Crippen LogP contribution in [0.1, 0.15) is 0 Å². The molecule has 0 amide bonds. The van der Waals surface area contributed by atoms with Gasteiger partial charge in [0.1, 0.15) is 5.75 Å². The molecule has 1 aromatic heterocycles. The molecule has 1 heterocycles. The lowest BCUT2D eigenvalue weighted by atomic mass is 10.0. The highest BCUT2D eigenvalue weighted by atomic mass is 16.3. The minimum Gasteiger partial charge on any atom is -0.506 e. The van der Waals surface area contributed by atoms with Gasteiger partial charge < -0.3 is 20.3 Å². The van der Waals surface area contributed by atoms with E-state index in [1.807, 2.05) is 18.2 Å². The molecule has 0 aliphatic heterocycles. The number of phenols is 1. The second-order valence-corrected chi connectivity index (χ2v) is 12.2. The van der Waals surface area contributed by atoms with Gasteiger partial charge in [0.05, 0.1) is 22.4 Å². The minimum absolute atomic E-state index is 0.0831.